The van der Waals surface area contributed by atoms with Crippen LogP contribution >= 0.6 is 23.5 Å². The number of rotatable bonds is 5. The van der Waals surface area contributed by atoms with Crippen LogP contribution in [0.2, 0.25) is 0 Å². The van der Waals surface area contributed by atoms with Gasteiger partial charge >= 0.3 is 0 Å². The van der Waals surface area contributed by atoms with Crippen LogP contribution in [0.15, 0.2) is 40.4 Å². The molecular formula is C14H13N5OS2. The normalized spacial score (nSPS) is 10.0. The van der Waals surface area contributed by atoms with Gasteiger partial charge in [0.15, 0.2) is 0 Å². The van der Waals surface area contributed by atoms with Crippen molar-refractivity contribution in [3.05, 3.63) is 35.9 Å². The van der Waals surface area contributed by atoms with E-state index in [0.717, 1.165) is 17.4 Å². The third-order valence-electron chi connectivity index (χ3n) is 2.56. The molecule has 22 heavy (non-hydrogen) atoms. The number of carbonyl (C=O) groups excluding carboxylic acids is 1. The lowest BCUT2D eigenvalue weighted by atomic mass is 10.3. The van der Waals surface area contributed by atoms with Crippen molar-refractivity contribution in [2.75, 3.05) is 23.1 Å². The first-order valence-corrected chi connectivity index (χ1v) is 8.44. The van der Waals surface area contributed by atoms with E-state index in [1.165, 1.54) is 11.8 Å². The van der Waals surface area contributed by atoms with Crippen LogP contribution in [0.3, 0.4) is 0 Å². The second-order valence-corrected chi connectivity index (χ2v) is 5.84. The minimum atomic E-state index is -0.178. The standard InChI is InChI=1S/C14H13N5OS2/c1-21-12-10(7-15)13(19-14(16)18-12)22-8-11(20)17-9-5-3-2-4-6-9/h2-6H,8H2,1H3,(H,17,20)(H2,16,18,19). The largest absolute Gasteiger partial charge is 0.368 e. The summed E-state index contributed by atoms with van der Waals surface area (Å²) >= 11 is 2.48. The lowest BCUT2D eigenvalue weighted by Crippen LogP contribution is -2.14. The summed E-state index contributed by atoms with van der Waals surface area (Å²) < 4.78 is 0. The molecule has 112 valence electrons. The summed E-state index contributed by atoms with van der Waals surface area (Å²) in [5.74, 6) is 0.0469. The number of benzene rings is 1. The Balaban J connectivity index is 2.07. The molecule has 1 aromatic carbocycles. The molecule has 0 spiro atoms. The average Bonchev–Trinajstić information content (AvgIpc) is 2.53. The summed E-state index contributed by atoms with van der Waals surface area (Å²) in [5, 5.41) is 12.9. The van der Waals surface area contributed by atoms with Crippen LogP contribution < -0.4 is 11.1 Å². The number of thioether (sulfide) groups is 2. The highest BCUT2D eigenvalue weighted by molar-refractivity contribution is 8.00. The molecule has 6 nitrogen and oxygen atoms in total. The average molecular weight is 331 g/mol. The van der Waals surface area contributed by atoms with Crippen LogP contribution in [0.5, 0.6) is 0 Å². The van der Waals surface area contributed by atoms with Gasteiger partial charge in [0, 0.05) is 5.69 Å². The van der Waals surface area contributed by atoms with Gasteiger partial charge in [0.05, 0.1) is 5.75 Å². The van der Waals surface area contributed by atoms with Gasteiger partial charge in [-0.05, 0) is 18.4 Å². The summed E-state index contributed by atoms with van der Waals surface area (Å²) in [6.07, 6.45) is 1.80. The van der Waals surface area contributed by atoms with Crippen molar-refractivity contribution >= 4 is 41.1 Å². The SMILES string of the molecule is CSc1nc(N)nc(SCC(=O)Nc2ccccc2)c1C#N. The molecule has 0 radical (unpaired) electrons. The molecular weight excluding hydrogens is 318 g/mol. The molecule has 0 fully saturated rings. The van der Waals surface area contributed by atoms with Gasteiger partial charge in [-0.3, -0.25) is 4.79 Å². The van der Waals surface area contributed by atoms with E-state index in [-0.39, 0.29) is 17.6 Å². The van der Waals surface area contributed by atoms with Gasteiger partial charge in [-0.2, -0.15) is 5.26 Å². The van der Waals surface area contributed by atoms with Gasteiger partial charge in [-0.25, -0.2) is 9.97 Å². The zero-order valence-corrected chi connectivity index (χ0v) is 13.4. The molecule has 2 rings (SSSR count). The number of nitriles is 1. The number of nitrogens with one attached hydrogen (secondary N) is 1. The Morgan fingerprint density at radius 1 is 1.32 bits per heavy atom. The highest BCUT2D eigenvalue weighted by Gasteiger charge is 2.14. The van der Waals surface area contributed by atoms with Crippen LogP contribution in [0.4, 0.5) is 11.6 Å². The summed E-state index contributed by atoms with van der Waals surface area (Å²) in [6, 6.07) is 11.2. The molecule has 0 saturated heterocycles. The lowest BCUT2D eigenvalue weighted by Gasteiger charge is -2.08. The molecule has 0 saturated carbocycles. The van der Waals surface area contributed by atoms with E-state index >= 15 is 0 Å². The molecule has 8 heteroatoms. The lowest BCUT2D eigenvalue weighted by molar-refractivity contribution is -0.113. The van der Waals surface area contributed by atoms with Crippen LogP contribution in [0.1, 0.15) is 5.56 Å². The molecule has 0 aliphatic heterocycles. The Morgan fingerprint density at radius 2 is 2.00 bits per heavy atom. The Bertz CT molecular complexity index is 715. The van der Waals surface area contributed by atoms with Gasteiger partial charge in [-0.1, -0.05) is 30.0 Å². The Hall–Kier alpha value is -2.24. The zero-order chi connectivity index (χ0) is 15.9. The molecule has 0 unspecified atom stereocenters. The van der Waals surface area contributed by atoms with Crippen molar-refractivity contribution < 1.29 is 4.79 Å². The number of nitrogens with zero attached hydrogens (tertiary/aromatic N) is 3. The molecule has 3 N–H and O–H groups in total. The quantitative estimate of drug-likeness (QED) is 0.640. The number of anilines is 2. The molecule has 2 aromatic rings. The third kappa shape index (κ3) is 4.13. The van der Waals surface area contributed by atoms with E-state index < -0.39 is 0 Å². The second kappa shape index (κ2) is 7.68. The fourth-order valence-electron chi connectivity index (χ4n) is 1.64. The Kier molecular flexibility index (Phi) is 5.63. The molecule has 0 aliphatic carbocycles. The molecule has 1 amide bonds. The van der Waals surface area contributed by atoms with E-state index in [1.54, 1.807) is 18.4 Å². The first-order chi connectivity index (χ1) is 10.6. The maximum atomic E-state index is 11.9. The summed E-state index contributed by atoms with van der Waals surface area (Å²) in [7, 11) is 0. The van der Waals surface area contributed by atoms with E-state index in [4.69, 9.17) is 5.73 Å². The van der Waals surface area contributed by atoms with Crippen molar-refractivity contribution in [1.82, 2.24) is 9.97 Å². The van der Waals surface area contributed by atoms with E-state index in [0.29, 0.717) is 15.6 Å². The van der Waals surface area contributed by atoms with Crippen LogP contribution in [-0.2, 0) is 4.79 Å². The maximum absolute atomic E-state index is 11.9. The third-order valence-corrected chi connectivity index (χ3v) is 4.22. The highest BCUT2D eigenvalue weighted by Crippen LogP contribution is 2.27. The fourth-order valence-corrected chi connectivity index (χ4v) is 3.02. The summed E-state index contributed by atoms with van der Waals surface area (Å²) in [5.41, 5.74) is 6.70. The van der Waals surface area contributed by atoms with Crippen molar-refractivity contribution in [1.29, 1.82) is 5.26 Å². The summed E-state index contributed by atoms with van der Waals surface area (Å²) in [4.78, 5) is 20.0. The molecule has 0 atom stereocenters. The van der Waals surface area contributed by atoms with Crippen molar-refractivity contribution in [3.63, 3.8) is 0 Å². The molecule has 0 bridgehead atoms. The molecule has 1 aromatic heterocycles. The Labute approximate surface area is 136 Å². The van der Waals surface area contributed by atoms with E-state index in [1.807, 2.05) is 18.2 Å². The molecule has 1 heterocycles. The minimum Gasteiger partial charge on any atom is -0.368 e. The topological polar surface area (TPSA) is 105 Å². The van der Waals surface area contributed by atoms with Crippen molar-refractivity contribution in [2.24, 2.45) is 0 Å². The zero-order valence-electron chi connectivity index (χ0n) is 11.7. The van der Waals surface area contributed by atoms with Gasteiger partial charge in [0.25, 0.3) is 0 Å². The van der Waals surface area contributed by atoms with Gasteiger partial charge in [0.2, 0.25) is 11.9 Å². The van der Waals surface area contributed by atoms with Gasteiger partial charge in [0.1, 0.15) is 21.7 Å². The highest BCUT2D eigenvalue weighted by atomic mass is 32.2. The number of amides is 1. The molecule has 0 aliphatic rings. The number of hydrogen-bond donors (Lipinski definition) is 2. The number of carbonyl (C=O) groups is 1. The summed E-state index contributed by atoms with van der Waals surface area (Å²) in [6.45, 7) is 0. The predicted octanol–water partition coefficient (Wildman–Crippen LogP) is 2.38. The predicted molar refractivity (Wildman–Crippen MR) is 88.7 cm³/mol. The number of nitrogens with two attached hydrogens (primary N) is 1. The first kappa shape index (κ1) is 16.1. The number of nitrogen functional groups attached to an aromatic ring is 1. The van der Waals surface area contributed by atoms with Crippen LogP contribution in [0.25, 0.3) is 0 Å². The monoisotopic (exact) mass is 331 g/mol. The van der Waals surface area contributed by atoms with Crippen LogP contribution in [0, 0.1) is 11.3 Å². The Morgan fingerprint density at radius 3 is 2.64 bits per heavy atom. The first-order valence-electron chi connectivity index (χ1n) is 6.23. The van der Waals surface area contributed by atoms with E-state index in [2.05, 4.69) is 21.4 Å². The minimum absolute atomic E-state index is 0.0920. The van der Waals surface area contributed by atoms with Gasteiger partial charge < -0.3 is 11.1 Å². The smallest absolute Gasteiger partial charge is 0.234 e. The van der Waals surface area contributed by atoms with Crippen molar-refractivity contribution in [3.8, 4) is 6.07 Å². The second-order valence-electron chi connectivity index (χ2n) is 4.09. The number of aromatic nitrogens is 2. The van der Waals surface area contributed by atoms with Crippen molar-refractivity contribution in [2.45, 2.75) is 10.1 Å². The fraction of sp³-hybridized carbons (Fsp3) is 0.143. The van der Waals surface area contributed by atoms with E-state index in [9.17, 15) is 10.1 Å². The number of para-hydroxylation sites is 1. The number of hydrogen-bond acceptors (Lipinski definition) is 7. The van der Waals surface area contributed by atoms with Gasteiger partial charge in [-0.15, -0.1) is 11.8 Å². The van der Waals surface area contributed by atoms with Crippen LogP contribution in [-0.4, -0.2) is 27.9 Å². The maximum Gasteiger partial charge on any atom is 0.234 e.